The van der Waals surface area contributed by atoms with Crippen LogP contribution in [0.2, 0.25) is 0 Å². The topological polar surface area (TPSA) is 60.2 Å². The van der Waals surface area contributed by atoms with Crippen molar-refractivity contribution in [3.8, 4) is 5.88 Å². The van der Waals surface area contributed by atoms with Gasteiger partial charge in [-0.1, -0.05) is 12.6 Å². The summed E-state index contributed by atoms with van der Waals surface area (Å²) in [7, 11) is 1.58. The Morgan fingerprint density at radius 2 is 2.26 bits per heavy atom. The van der Waals surface area contributed by atoms with E-state index >= 15 is 0 Å². The molecular weight excluding hydrogens is 242 g/mol. The van der Waals surface area contributed by atoms with Gasteiger partial charge in [0.1, 0.15) is 11.8 Å². The van der Waals surface area contributed by atoms with Gasteiger partial charge in [-0.25, -0.2) is 9.97 Å². The van der Waals surface area contributed by atoms with Crippen molar-refractivity contribution in [2.75, 3.05) is 7.11 Å². The van der Waals surface area contributed by atoms with E-state index in [1.165, 1.54) is 0 Å². The molecule has 5 heteroatoms. The molecule has 2 rings (SSSR count). The number of rotatable bonds is 5. The average Bonchev–Trinajstić information content (AvgIpc) is 2.85. The van der Waals surface area contributed by atoms with Gasteiger partial charge in [-0.15, -0.1) is 0 Å². The van der Waals surface area contributed by atoms with Gasteiger partial charge >= 0.3 is 0 Å². The lowest BCUT2D eigenvalue weighted by molar-refractivity contribution is 0.397. The molecule has 0 saturated heterocycles. The summed E-state index contributed by atoms with van der Waals surface area (Å²) in [5.74, 6) is 1.97. The predicted molar refractivity (Wildman–Crippen MR) is 72.6 cm³/mol. The molecule has 1 N–H and O–H groups in total. The third-order valence-electron chi connectivity index (χ3n) is 2.64. The highest BCUT2D eigenvalue weighted by atomic mass is 16.5. The van der Waals surface area contributed by atoms with Gasteiger partial charge in [0, 0.05) is 6.07 Å². The van der Waals surface area contributed by atoms with E-state index in [2.05, 4.69) is 21.9 Å². The molecule has 2 heterocycles. The molecule has 0 aliphatic heterocycles. The van der Waals surface area contributed by atoms with Gasteiger partial charge in [0.15, 0.2) is 0 Å². The summed E-state index contributed by atoms with van der Waals surface area (Å²) < 4.78 is 10.6. The van der Waals surface area contributed by atoms with E-state index in [-0.39, 0.29) is 6.04 Å². The number of aromatic nitrogens is 2. The van der Waals surface area contributed by atoms with Crippen LogP contribution in [0.25, 0.3) is 5.70 Å². The Hall–Kier alpha value is -2.30. The fraction of sp³-hybridized carbons (Fsp3) is 0.286. The Kier molecular flexibility index (Phi) is 3.85. The first-order chi connectivity index (χ1) is 9.10. The van der Waals surface area contributed by atoms with E-state index in [9.17, 15) is 0 Å². The van der Waals surface area contributed by atoms with Crippen LogP contribution < -0.4 is 10.1 Å². The molecule has 2 aromatic heterocycles. The van der Waals surface area contributed by atoms with Crippen LogP contribution in [0.4, 0.5) is 0 Å². The van der Waals surface area contributed by atoms with Gasteiger partial charge < -0.3 is 14.5 Å². The maximum Gasteiger partial charge on any atom is 0.216 e. The molecule has 0 radical (unpaired) electrons. The van der Waals surface area contributed by atoms with Crippen molar-refractivity contribution in [2.45, 2.75) is 19.9 Å². The monoisotopic (exact) mass is 259 g/mol. The summed E-state index contributed by atoms with van der Waals surface area (Å²) in [6.45, 7) is 7.79. The Morgan fingerprint density at radius 3 is 2.89 bits per heavy atom. The first-order valence-electron chi connectivity index (χ1n) is 5.99. The maximum absolute atomic E-state index is 5.47. The van der Waals surface area contributed by atoms with Crippen LogP contribution >= 0.6 is 0 Å². The van der Waals surface area contributed by atoms with E-state index in [0.717, 1.165) is 11.5 Å². The smallest absolute Gasteiger partial charge is 0.216 e. The lowest BCUT2D eigenvalue weighted by Crippen LogP contribution is -2.17. The number of nitrogens with zero attached hydrogens (tertiary/aromatic N) is 2. The van der Waals surface area contributed by atoms with Gasteiger partial charge in [0.05, 0.1) is 24.7 Å². The van der Waals surface area contributed by atoms with Crippen molar-refractivity contribution in [2.24, 2.45) is 0 Å². The van der Waals surface area contributed by atoms with Crippen LogP contribution in [0, 0.1) is 6.92 Å². The first-order valence-corrected chi connectivity index (χ1v) is 5.99. The predicted octanol–water partition coefficient (Wildman–Crippen LogP) is 2.71. The molecule has 1 atom stereocenters. The number of hydrogen-bond acceptors (Lipinski definition) is 5. The standard InChI is InChI=1S/C14H17N3O2/c1-9-8-15-14(19-9)11(3)16-10(2)12-6-5-7-13(17-12)18-4/h5-8,11,16H,2H2,1,3-4H3/t11-/m0/s1. The molecule has 0 fully saturated rings. The van der Waals surface area contributed by atoms with Crippen LogP contribution in [-0.4, -0.2) is 17.1 Å². The molecule has 0 aromatic carbocycles. The lowest BCUT2D eigenvalue weighted by atomic mass is 10.2. The zero-order valence-corrected chi connectivity index (χ0v) is 11.3. The van der Waals surface area contributed by atoms with Crippen molar-refractivity contribution in [1.82, 2.24) is 15.3 Å². The Morgan fingerprint density at radius 1 is 1.47 bits per heavy atom. The normalized spacial score (nSPS) is 11.9. The van der Waals surface area contributed by atoms with Crippen LogP contribution in [-0.2, 0) is 0 Å². The molecule has 100 valence electrons. The highest BCUT2D eigenvalue weighted by Crippen LogP contribution is 2.18. The molecule has 19 heavy (non-hydrogen) atoms. The minimum absolute atomic E-state index is 0.0748. The number of ether oxygens (including phenoxy) is 1. The zero-order valence-electron chi connectivity index (χ0n) is 11.3. The van der Waals surface area contributed by atoms with Gasteiger partial charge in [-0.3, -0.25) is 0 Å². The molecule has 5 nitrogen and oxygen atoms in total. The fourth-order valence-electron chi connectivity index (χ4n) is 1.67. The molecular formula is C14H17N3O2. The molecule has 2 aromatic rings. The first kappa shape index (κ1) is 13.1. The SMILES string of the molecule is C=C(N[C@@H](C)c1ncc(C)o1)c1cccc(OC)n1. The van der Waals surface area contributed by atoms with Crippen molar-refractivity contribution < 1.29 is 9.15 Å². The highest BCUT2D eigenvalue weighted by molar-refractivity contribution is 5.58. The average molecular weight is 259 g/mol. The number of hydrogen-bond donors (Lipinski definition) is 1. The number of aryl methyl sites for hydroxylation is 1. The Labute approximate surface area is 112 Å². The second kappa shape index (κ2) is 5.56. The highest BCUT2D eigenvalue weighted by Gasteiger charge is 2.13. The van der Waals surface area contributed by atoms with Crippen LogP contribution in [0.5, 0.6) is 5.88 Å². The molecule has 0 aliphatic rings. The second-order valence-corrected chi connectivity index (χ2v) is 4.22. The van der Waals surface area contributed by atoms with Gasteiger partial charge in [0.2, 0.25) is 11.8 Å². The molecule has 0 spiro atoms. The number of nitrogens with one attached hydrogen (secondary N) is 1. The van der Waals surface area contributed by atoms with Crippen molar-refractivity contribution in [3.05, 3.63) is 48.3 Å². The summed E-state index contributed by atoms with van der Waals surface area (Å²) in [6.07, 6.45) is 1.69. The maximum atomic E-state index is 5.47. The summed E-state index contributed by atoms with van der Waals surface area (Å²) in [4.78, 5) is 8.49. The van der Waals surface area contributed by atoms with E-state index in [4.69, 9.17) is 9.15 Å². The lowest BCUT2D eigenvalue weighted by Gasteiger charge is -2.14. The van der Waals surface area contributed by atoms with Crippen molar-refractivity contribution >= 4 is 5.70 Å². The van der Waals surface area contributed by atoms with Crippen molar-refractivity contribution in [3.63, 3.8) is 0 Å². The zero-order chi connectivity index (χ0) is 13.8. The molecule has 0 aliphatic carbocycles. The summed E-state index contributed by atoms with van der Waals surface area (Å²) in [5, 5.41) is 3.21. The minimum atomic E-state index is -0.0748. The summed E-state index contributed by atoms with van der Waals surface area (Å²) in [6, 6.07) is 5.45. The molecule has 0 bridgehead atoms. The van der Waals surface area contributed by atoms with Crippen LogP contribution in [0.15, 0.2) is 35.4 Å². The third kappa shape index (κ3) is 3.13. The fourth-order valence-corrected chi connectivity index (χ4v) is 1.67. The summed E-state index contributed by atoms with van der Waals surface area (Å²) in [5.41, 5.74) is 1.43. The number of methoxy groups -OCH3 is 1. The van der Waals surface area contributed by atoms with E-state index in [1.54, 1.807) is 19.4 Å². The van der Waals surface area contributed by atoms with Gasteiger partial charge in [0.25, 0.3) is 0 Å². The summed E-state index contributed by atoms with van der Waals surface area (Å²) >= 11 is 0. The molecule has 0 amide bonds. The quantitative estimate of drug-likeness (QED) is 0.894. The number of pyridine rings is 1. The van der Waals surface area contributed by atoms with Gasteiger partial charge in [-0.05, 0) is 19.9 Å². The van der Waals surface area contributed by atoms with E-state index in [1.807, 2.05) is 26.0 Å². The van der Waals surface area contributed by atoms with Crippen LogP contribution in [0.3, 0.4) is 0 Å². The van der Waals surface area contributed by atoms with E-state index < -0.39 is 0 Å². The van der Waals surface area contributed by atoms with Gasteiger partial charge in [-0.2, -0.15) is 0 Å². The minimum Gasteiger partial charge on any atom is -0.481 e. The Bertz CT molecular complexity index is 578. The number of oxazole rings is 1. The van der Waals surface area contributed by atoms with E-state index in [0.29, 0.717) is 17.5 Å². The largest absolute Gasteiger partial charge is 0.481 e. The Balaban J connectivity index is 2.08. The molecule has 0 unspecified atom stereocenters. The second-order valence-electron chi connectivity index (χ2n) is 4.22. The molecule has 0 saturated carbocycles. The third-order valence-corrected chi connectivity index (χ3v) is 2.64. The van der Waals surface area contributed by atoms with Crippen LogP contribution in [0.1, 0.15) is 30.3 Å². The van der Waals surface area contributed by atoms with Crippen molar-refractivity contribution in [1.29, 1.82) is 0 Å².